The van der Waals surface area contributed by atoms with E-state index < -0.39 is 10.0 Å². The fourth-order valence-corrected chi connectivity index (χ4v) is 2.81. The Kier molecular flexibility index (Phi) is 4.77. The van der Waals surface area contributed by atoms with Crippen LogP contribution in [0, 0.1) is 0 Å². The number of hydrogen-bond donors (Lipinski definition) is 1. The van der Waals surface area contributed by atoms with Crippen LogP contribution in [0.15, 0.2) is 24.3 Å². The number of sulfonamides is 1. The predicted molar refractivity (Wildman–Crippen MR) is 77.4 cm³/mol. The summed E-state index contributed by atoms with van der Waals surface area (Å²) in [5.74, 6) is 0.0615. The Hall–Kier alpha value is -1.40. The number of carbonyl (C=O) groups is 1. The Labute approximate surface area is 119 Å². The van der Waals surface area contributed by atoms with Crippen molar-refractivity contribution in [3.63, 3.8) is 0 Å². The van der Waals surface area contributed by atoms with Crippen molar-refractivity contribution in [2.75, 3.05) is 17.6 Å². The van der Waals surface area contributed by atoms with Gasteiger partial charge in [-0.25, -0.2) is 8.42 Å². The van der Waals surface area contributed by atoms with Crippen molar-refractivity contribution in [3.05, 3.63) is 29.8 Å². The van der Waals surface area contributed by atoms with Gasteiger partial charge >= 0.3 is 0 Å². The van der Waals surface area contributed by atoms with Crippen LogP contribution in [0.2, 0.25) is 0 Å². The van der Waals surface area contributed by atoms with E-state index in [1.807, 2.05) is 0 Å². The van der Waals surface area contributed by atoms with E-state index in [4.69, 9.17) is 4.74 Å². The first kappa shape index (κ1) is 15.0. The normalized spacial score (nSPS) is 18.9. The maximum Gasteiger partial charge on any atom is 0.229 e. The highest BCUT2D eigenvalue weighted by molar-refractivity contribution is 7.92. The zero-order valence-corrected chi connectivity index (χ0v) is 12.3. The summed E-state index contributed by atoms with van der Waals surface area (Å²) in [5.41, 5.74) is 1.06. The molecule has 0 saturated carbocycles. The average molecular weight is 297 g/mol. The van der Waals surface area contributed by atoms with Gasteiger partial charge < -0.3 is 4.74 Å². The monoisotopic (exact) mass is 297 g/mol. The number of ether oxygens (including phenoxy) is 1. The molecule has 1 aliphatic rings. The van der Waals surface area contributed by atoms with Gasteiger partial charge in [-0.2, -0.15) is 0 Å². The maximum atomic E-state index is 12.0. The quantitative estimate of drug-likeness (QED) is 0.817. The highest BCUT2D eigenvalue weighted by Crippen LogP contribution is 2.19. The number of anilines is 1. The van der Waals surface area contributed by atoms with Gasteiger partial charge in [-0.1, -0.05) is 0 Å². The molecule has 1 saturated heterocycles. The number of carbonyl (C=O) groups excluding carboxylic acids is 1. The van der Waals surface area contributed by atoms with Crippen LogP contribution < -0.4 is 4.72 Å². The van der Waals surface area contributed by atoms with Crippen molar-refractivity contribution >= 4 is 21.5 Å². The highest BCUT2D eigenvalue weighted by atomic mass is 32.2. The van der Waals surface area contributed by atoms with Crippen LogP contribution in [-0.2, 0) is 14.8 Å². The molecule has 1 heterocycles. The SMILES string of the molecule is CS(=O)(=O)Nc1ccc(C(=O)CCC2CCCO2)cc1. The van der Waals surface area contributed by atoms with E-state index in [1.54, 1.807) is 24.3 Å². The molecular formula is C14H19NO4S. The van der Waals surface area contributed by atoms with Gasteiger partial charge in [-0.3, -0.25) is 9.52 Å². The van der Waals surface area contributed by atoms with E-state index in [0.717, 1.165) is 32.1 Å². The van der Waals surface area contributed by atoms with E-state index in [2.05, 4.69) is 4.72 Å². The Morgan fingerprint density at radius 2 is 2.05 bits per heavy atom. The van der Waals surface area contributed by atoms with Crippen LogP contribution in [0.4, 0.5) is 5.69 Å². The van der Waals surface area contributed by atoms with Crippen LogP contribution in [0.25, 0.3) is 0 Å². The Bertz CT molecular complexity index is 559. The smallest absolute Gasteiger partial charge is 0.229 e. The van der Waals surface area contributed by atoms with Gasteiger partial charge in [0.05, 0.1) is 12.4 Å². The zero-order valence-electron chi connectivity index (χ0n) is 11.5. The van der Waals surface area contributed by atoms with E-state index in [1.165, 1.54) is 0 Å². The van der Waals surface area contributed by atoms with Crippen LogP contribution in [0.3, 0.4) is 0 Å². The molecule has 20 heavy (non-hydrogen) atoms. The second-order valence-corrected chi connectivity index (χ2v) is 6.80. The van der Waals surface area contributed by atoms with Crippen molar-refractivity contribution < 1.29 is 17.9 Å². The Morgan fingerprint density at radius 3 is 2.60 bits per heavy atom. The van der Waals surface area contributed by atoms with E-state index in [-0.39, 0.29) is 11.9 Å². The minimum Gasteiger partial charge on any atom is -0.378 e. The van der Waals surface area contributed by atoms with E-state index in [0.29, 0.717) is 17.7 Å². The molecular weight excluding hydrogens is 278 g/mol. The maximum absolute atomic E-state index is 12.0. The largest absolute Gasteiger partial charge is 0.378 e. The number of ketones is 1. The van der Waals surface area contributed by atoms with Crippen molar-refractivity contribution in [1.29, 1.82) is 0 Å². The van der Waals surface area contributed by atoms with Crippen molar-refractivity contribution in [1.82, 2.24) is 0 Å². The summed E-state index contributed by atoms with van der Waals surface area (Å²) in [6.07, 6.45) is 4.62. The minimum atomic E-state index is -3.28. The molecule has 0 amide bonds. The number of rotatable bonds is 6. The molecule has 0 spiro atoms. The summed E-state index contributed by atoms with van der Waals surface area (Å²) in [7, 11) is -3.28. The van der Waals surface area contributed by atoms with Gasteiger partial charge in [0, 0.05) is 24.3 Å². The predicted octanol–water partition coefficient (Wildman–Crippen LogP) is 2.20. The molecule has 5 nitrogen and oxygen atoms in total. The summed E-state index contributed by atoms with van der Waals surface area (Å²) < 4.78 is 30.0. The molecule has 1 unspecified atom stereocenters. The van der Waals surface area contributed by atoms with Crippen molar-refractivity contribution in [3.8, 4) is 0 Å². The Balaban J connectivity index is 1.90. The Morgan fingerprint density at radius 1 is 1.35 bits per heavy atom. The summed E-state index contributed by atoms with van der Waals surface area (Å²) in [6.45, 7) is 0.796. The molecule has 1 aromatic rings. The molecule has 1 fully saturated rings. The fourth-order valence-electron chi connectivity index (χ4n) is 2.25. The molecule has 1 atom stereocenters. The van der Waals surface area contributed by atoms with E-state index in [9.17, 15) is 13.2 Å². The first-order valence-corrected chi connectivity index (χ1v) is 8.56. The second-order valence-electron chi connectivity index (χ2n) is 5.05. The first-order valence-electron chi connectivity index (χ1n) is 6.67. The third kappa shape index (κ3) is 4.61. The highest BCUT2D eigenvalue weighted by Gasteiger charge is 2.17. The van der Waals surface area contributed by atoms with Crippen molar-refractivity contribution in [2.45, 2.75) is 31.8 Å². The lowest BCUT2D eigenvalue weighted by molar-refractivity contribution is 0.0859. The lowest BCUT2D eigenvalue weighted by Gasteiger charge is -2.08. The molecule has 0 radical (unpaired) electrons. The van der Waals surface area contributed by atoms with Crippen LogP contribution in [-0.4, -0.2) is 33.2 Å². The van der Waals surface area contributed by atoms with Crippen LogP contribution in [0.1, 0.15) is 36.0 Å². The summed E-state index contributed by atoms with van der Waals surface area (Å²) in [4.78, 5) is 12.0. The molecule has 2 rings (SSSR count). The van der Waals surface area contributed by atoms with Crippen LogP contribution >= 0.6 is 0 Å². The topological polar surface area (TPSA) is 72.5 Å². The van der Waals surface area contributed by atoms with Gasteiger partial charge in [-0.15, -0.1) is 0 Å². The first-order chi connectivity index (χ1) is 9.44. The summed E-state index contributed by atoms with van der Waals surface area (Å²) in [6, 6.07) is 6.48. The second kappa shape index (κ2) is 6.37. The molecule has 1 N–H and O–H groups in total. The third-order valence-electron chi connectivity index (χ3n) is 3.23. The average Bonchev–Trinajstić information content (AvgIpc) is 2.88. The molecule has 110 valence electrons. The van der Waals surface area contributed by atoms with Gasteiger partial charge in [0.1, 0.15) is 0 Å². The lowest BCUT2D eigenvalue weighted by atomic mass is 10.0. The zero-order chi connectivity index (χ0) is 14.6. The fraction of sp³-hybridized carbons (Fsp3) is 0.500. The van der Waals surface area contributed by atoms with Crippen molar-refractivity contribution in [2.24, 2.45) is 0 Å². The number of nitrogens with one attached hydrogen (secondary N) is 1. The minimum absolute atomic E-state index is 0.0615. The lowest BCUT2D eigenvalue weighted by Crippen LogP contribution is -2.10. The van der Waals surface area contributed by atoms with Gasteiger partial charge in [0.2, 0.25) is 10.0 Å². The van der Waals surface area contributed by atoms with Gasteiger partial charge in [0.25, 0.3) is 0 Å². The summed E-state index contributed by atoms with van der Waals surface area (Å²) in [5, 5.41) is 0. The number of hydrogen-bond acceptors (Lipinski definition) is 4. The molecule has 0 aromatic heterocycles. The summed E-state index contributed by atoms with van der Waals surface area (Å²) >= 11 is 0. The molecule has 0 bridgehead atoms. The van der Waals surface area contributed by atoms with Crippen LogP contribution in [0.5, 0.6) is 0 Å². The third-order valence-corrected chi connectivity index (χ3v) is 3.83. The molecule has 0 aliphatic carbocycles. The van der Waals surface area contributed by atoms with E-state index >= 15 is 0 Å². The molecule has 1 aromatic carbocycles. The number of benzene rings is 1. The molecule has 6 heteroatoms. The van der Waals surface area contributed by atoms with Gasteiger partial charge in [-0.05, 0) is 43.5 Å². The van der Waals surface area contributed by atoms with Gasteiger partial charge in [0.15, 0.2) is 5.78 Å². The standard InChI is InChI=1S/C14H19NO4S/c1-20(17,18)15-12-6-4-11(5-7-12)14(16)9-8-13-3-2-10-19-13/h4-7,13,15H,2-3,8-10H2,1H3. The molecule has 1 aliphatic heterocycles. The number of Topliss-reactive ketones (excluding diaryl/α,β-unsaturated/α-hetero) is 1.